The van der Waals surface area contributed by atoms with E-state index in [4.69, 9.17) is 0 Å². The fraction of sp³-hybridized carbons (Fsp3) is 0.368. The molecule has 0 atom stereocenters. The molecule has 1 saturated carbocycles. The van der Waals surface area contributed by atoms with Crippen molar-refractivity contribution in [2.75, 3.05) is 5.32 Å². The maximum absolute atomic E-state index is 9.60. The number of anilines is 1. The number of aromatic amines is 1. The number of aliphatic hydroxyl groups excluding tert-OH is 1. The Kier molecular flexibility index (Phi) is 3.94. The van der Waals surface area contributed by atoms with E-state index in [0.29, 0.717) is 12.0 Å². The summed E-state index contributed by atoms with van der Waals surface area (Å²) in [5, 5.41) is 13.0. The highest BCUT2D eigenvalue weighted by Crippen LogP contribution is 2.26. The predicted molar refractivity (Wildman–Crippen MR) is 95.9 cm³/mol. The molecule has 0 amide bonds. The highest BCUT2D eigenvalue weighted by molar-refractivity contribution is 5.83. The Morgan fingerprint density at radius 1 is 1.17 bits per heavy atom. The molecule has 1 aliphatic carbocycles. The van der Waals surface area contributed by atoms with Gasteiger partial charge < -0.3 is 15.4 Å². The molecule has 0 saturated heterocycles. The van der Waals surface area contributed by atoms with Crippen molar-refractivity contribution in [2.24, 2.45) is 0 Å². The first kappa shape index (κ1) is 15.1. The van der Waals surface area contributed by atoms with E-state index < -0.39 is 0 Å². The van der Waals surface area contributed by atoms with E-state index in [-0.39, 0.29) is 6.10 Å². The maximum Gasteiger partial charge on any atom is 0.223 e. The fourth-order valence-electron chi connectivity index (χ4n) is 3.41. The van der Waals surface area contributed by atoms with E-state index in [0.717, 1.165) is 42.4 Å². The van der Waals surface area contributed by atoms with E-state index in [1.54, 1.807) is 0 Å². The van der Waals surface area contributed by atoms with Gasteiger partial charge in [0, 0.05) is 17.3 Å². The standard InChI is InChI=1S/C19H22N4O/c1-12-4-2-3-5-15(12)16-10-17-18(22-16)11-20-19(23-17)21-13-6-8-14(24)9-7-13/h2-5,10-11,13-14,22,24H,6-9H2,1H3,(H,20,21,23). The van der Waals surface area contributed by atoms with Crippen LogP contribution in [-0.4, -0.2) is 32.2 Å². The molecule has 0 unspecified atom stereocenters. The Morgan fingerprint density at radius 3 is 2.75 bits per heavy atom. The molecule has 0 bridgehead atoms. The molecular formula is C19H22N4O. The third kappa shape index (κ3) is 2.99. The topological polar surface area (TPSA) is 73.8 Å². The summed E-state index contributed by atoms with van der Waals surface area (Å²) in [4.78, 5) is 12.5. The molecular weight excluding hydrogens is 300 g/mol. The van der Waals surface area contributed by atoms with Gasteiger partial charge in [0.25, 0.3) is 0 Å². The maximum atomic E-state index is 9.60. The van der Waals surface area contributed by atoms with Crippen molar-refractivity contribution >= 4 is 17.0 Å². The zero-order valence-electron chi connectivity index (χ0n) is 13.8. The minimum absolute atomic E-state index is 0.146. The molecule has 24 heavy (non-hydrogen) atoms. The normalized spacial score (nSPS) is 21.1. The fourth-order valence-corrected chi connectivity index (χ4v) is 3.41. The van der Waals surface area contributed by atoms with Crippen LogP contribution in [0.15, 0.2) is 36.5 Å². The summed E-state index contributed by atoms with van der Waals surface area (Å²) in [5.41, 5.74) is 5.34. The van der Waals surface area contributed by atoms with Gasteiger partial charge in [0.05, 0.1) is 23.3 Å². The number of aromatic nitrogens is 3. The predicted octanol–water partition coefficient (Wildman–Crippen LogP) is 3.65. The molecule has 0 aliphatic heterocycles. The summed E-state index contributed by atoms with van der Waals surface area (Å²) in [7, 11) is 0. The van der Waals surface area contributed by atoms with E-state index >= 15 is 0 Å². The molecule has 1 aromatic carbocycles. The molecule has 2 heterocycles. The lowest BCUT2D eigenvalue weighted by molar-refractivity contribution is 0.126. The second-order valence-corrected chi connectivity index (χ2v) is 6.64. The second kappa shape index (κ2) is 6.24. The van der Waals surface area contributed by atoms with Gasteiger partial charge in [-0.1, -0.05) is 24.3 Å². The van der Waals surface area contributed by atoms with Gasteiger partial charge >= 0.3 is 0 Å². The minimum Gasteiger partial charge on any atom is -0.393 e. The number of aliphatic hydroxyl groups is 1. The van der Waals surface area contributed by atoms with Gasteiger partial charge in [-0.25, -0.2) is 9.97 Å². The van der Waals surface area contributed by atoms with Crippen LogP contribution in [0.25, 0.3) is 22.3 Å². The quantitative estimate of drug-likeness (QED) is 0.688. The Balaban J connectivity index is 1.58. The summed E-state index contributed by atoms with van der Waals surface area (Å²) in [5.74, 6) is 0.666. The van der Waals surface area contributed by atoms with E-state index in [1.807, 2.05) is 18.3 Å². The third-order valence-electron chi connectivity index (χ3n) is 4.83. The molecule has 4 rings (SSSR count). The monoisotopic (exact) mass is 322 g/mol. The van der Waals surface area contributed by atoms with Gasteiger partial charge in [-0.3, -0.25) is 0 Å². The highest BCUT2D eigenvalue weighted by Gasteiger charge is 2.20. The molecule has 5 heteroatoms. The van der Waals surface area contributed by atoms with E-state index in [9.17, 15) is 5.11 Å². The summed E-state index contributed by atoms with van der Waals surface area (Å²) < 4.78 is 0. The number of hydrogen-bond donors (Lipinski definition) is 3. The van der Waals surface area contributed by atoms with Gasteiger partial charge in [-0.2, -0.15) is 0 Å². The summed E-state index contributed by atoms with van der Waals surface area (Å²) in [6.07, 6.45) is 5.31. The Labute approximate surface area is 141 Å². The summed E-state index contributed by atoms with van der Waals surface area (Å²) in [6.45, 7) is 2.11. The van der Waals surface area contributed by atoms with Crippen LogP contribution in [0, 0.1) is 6.92 Å². The molecule has 1 fully saturated rings. The van der Waals surface area contributed by atoms with Crippen LogP contribution < -0.4 is 5.32 Å². The van der Waals surface area contributed by atoms with E-state index in [2.05, 4.69) is 45.4 Å². The van der Waals surface area contributed by atoms with Crippen molar-refractivity contribution < 1.29 is 5.11 Å². The van der Waals surface area contributed by atoms with Crippen LogP contribution in [0.2, 0.25) is 0 Å². The van der Waals surface area contributed by atoms with Crippen LogP contribution in [0.1, 0.15) is 31.2 Å². The molecule has 3 aromatic rings. The van der Waals surface area contributed by atoms with Gasteiger partial charge in [0.2, 0.25) is 5.95 Å². The van der Waals surface area contributed by atoms with Crippen LogP contribution >= 0.6 is 0 Å². The van der Waals surface area contributed by atoms with Crippen molar-refractivity contribution in [3.05, 3.63) is 42.1 Å². The highest BCUT2D eigenvalue weighted by atomic mass is 16.3. The number of nitrogens with zero attached hydrogens (tertiary/aromatic N) is 2. The number of benzene rings is 1. The molecule has 5 nitrogen and oxygen atoms in total. The Hall–Kier alpha value is -2.40. The molecule has 124 valence electrons. The first-order valence-electron chi connectivity index (χ1n) is 8.55. The van der Waals surface area contributed by atoms with Gasteiger partial charge in [-0.15, -0.1) is 0 Å². The zero-order valence-corrected chi connectivity index (χ0v) is 13.8. The summed E-state index contributed by atoms with van der Waals surface area (Å²) in [6, 6.07) is 10.7. The third-order valence-corrected chi connectivity index (χ3v) is 4.83. The lowest BCUT2D eigenvalue weighted by atomic mass is 9.93. The van der Waals surface area contributed by atoms with Crippen molar-refractivity contribution in [3.8, 4) is 11.3 Å². The van der Waals surface area contributed by atoms with Crippen LogP contribution in [0.5, 0.6) is 0 Å². The number of fused-ring (bicyclic) bond motifs is 1. The largest absolute Gasteiger partial charge is 0.393 e. The van der Waals surface area contributed by atoms with Gasteiger partial charge in [0.1, 0.15) is 0 Å². The summed E-state index contributed by atoms with van der Waals surface area (Å²) >= 11 is 0. The molecule has 2 aromatic heterocycles. The number of hydrogen-bond acceptors (Lipinski definition) is 4. The minimum atomic E-state index is -0.146. The number of nitrogens with one attached hydrogen (secondary N) is 2. The van der Waals surface area contributed by atoms with Gasteiger partial charge in [0.15, 0.2) is 0 Å². The Bertz CT molecular complexity index is 849. The molecule has 3 N–H and O–H groups in total. The van der Waals surface area contributed by atoms with Crippen molar-refractivity contribution in [2.45, 2.75) is 44.8 Å². The SMILES string of the molecule is Cc1ccccc1-c1cc2nc(NC3CCC(O)CC3)ncc2[nH]1. The lowest BCUT2D eigenvalue weighted by Crippen LogP contribution is -2.28. The second-order valence-electron chi connectivity index (χ2n) is 6.64. The van der Waals surface area contributed by atoms with Crippen molar-refractivity contribution in [3.63, 3.8) is 0 Å². The number of H-pyrrole nitrogens is 1. The number of rotatable bonds is 3. The average Bonchev–Trinajstić information content (AvgIpc) is 3.00. The Morgan fingerprint density at radius 2 is 1.96 bits per heavy atom. The molecule has 0 spiro atoms. The van der Waals surface area contributed by atoms with Gasteiger partial charge in [-0.05, 0) is 44.2 Å². The smallest absolute Gasteiger partial charge is 0.223 e. The van der Waals surface area contributed by atoms with Crippen LogP contribution in [0.4, 0.5) is 5.95 Å². The number of aryl methyl sites for hydroxylation is 1. The van der Waals surface area contributed by atoms with Crippen molar-refractivity contribution in [1.29, 1.82) is 0 Å². The van der Waals surface area contributed by atoms with Crippen LogP contribution in [0.3, 0.4) is 0 Å². The molecule has 0 radical (unpaired) electrons. The lowest BCUT2D eigenvalue weighted by Gasteiger charge is -2.26. The van der Waals surface area contributed by atoms with Crippen LogP contribution in [-0.2, 0) is 0 Å². The first-order chi connectivity index (χ1) is 11.7. The molecule has 1 aliphatic rings. The van der Waals surface area contributed by atoms with E-state index in [1.165, 1.54) is 11.1 Å². The first-order valence-corrected chi connectivity index (χ1v) is 8.55. The average molecular weight is 322 g/mol. The van der Waals surface area contributed by atoms with Crippen molar-refractivity contribution in [1.82, 2.24) is 15.0 Å². The zero-order chi connectivity index (χ0) is 16.5.